The van der Waals surface area contributed by atoms with Gasteiger partial charge < -0.3 is 14.7 Å². The van der Waals surface area contributed by atoms with Gasteiger partial charge in [0.2, 0.25) is 5.88 Å². The molecule has 0 radical (unpaired) electrons. The lowest BCUT2D eigenvalue weighted by Crippen LogP contribution is -2.32. The normalized spacial score (nSPS) is 10.5. The molecule has 1 aromatic rings. The summed E-state index contributed by atoms with van der Waals surface area (Å²) >= 11 is 0. The van der Waals surface area contributed by atoms with Crippen molar-refractivity contribution in [1.82, 2.24) is 9.97 Å². The van der Waals surface area contributed by atoms with Crippen LogP contribution in [-0.4, -0.2) is 40.2 Å². The summed E-state index contributed by atoms with van der Waals surface area (Å²) in [4.78, 5) is 20.9. The van der Waals surface area contributed by atoms with Gasteiger partial charge in [-0.2, -0.15) is 0 Å². The first kappa shape index (κ1) is 15.2. The average Bonchev–Trinajstić information content (AvgIpc) is 2.34. The van der Waals surface area contributed by atoms with E-state index in [2.05, 4.69) is 9.97 Å². The highest BCUT2D eigenvalue weighted by atomic mass is 16.5. The zero-order chi connectivity index (χ0) is 14.3. The fourth-order valence-corrected chi connectivity index (χ4v) is 1.75. The number of carbonyl (C=O) groups is 1. The summed E-state index contributed by atoms with van der Waals surface area (Å²) in [5.41, 5.74) is 0. The van der Waals surface area contributed by atoms with Gasteiger partial charge in [0.25, 0.3) is 0 Å². The second kappa shape index (κ2) is 7.56. The van der Waals surface area contributed by atoms with Crippen LogP contribution in [0.3, 0.4) is 0 Å². The highest BCUT2D eigenvalue weighted by Gasteiger charge is 2.13. The van der Waals surface area contributed by atoms with Crippen LogP contribution in [-0.2, 0) is 4.79 Å². The number of nitrogens with zero attached hydrogens (tertiary/aromatic N) is 3. The van der Waals surface area contributed by atoms with Crippen LogP contribution in [0.4, 0.5) is 5.82 Å². The van der Waals surface area contributed by atoms with Crippen LogP contribution < -0.4 is 9.64 Å². The first-order valence-corrected chi connectivity index (χ1v) is 6.47. The molecule has 0 unspecified atom stereocenters. The molecule has 0 aliphatic rings. The average molecular weight is 267 g/mol. The Balaban J connectivity index is 2.74. The molecular formula is C13H21N3O3. The molecule has 106 valence electrons. The van der Waals surface area contributed by atoms with Gasteiger partial charge in [0.05, 0.1) is 6.61 Å². The van der Waals surface area contributed by atoms with E-state index in [0.717, 1.165) is 5.82 Å². The summed E-state index contributed by atoms with van der Waals surface area (Å²) in [6.45, 7) is 7.19. The number of rotatable bonds is 8. The number of anilines is 1. The molecule has 0 amide bonds. The van der Waals surface area contributed by atoms with Crippen LogP contribution in [0.25, 0.3) is 0 Å². The Morgan fingerprint density at radius 3 is 2.79 bits per heavy atom. The molecule has 0 aliphatic heterocycles. The van der Waals surface area contributed by atoms with E-state index in [1.807, 2.05) is 25.7 Å². The first-order chi connectivity index (χ1) is 9.04. The third-order valence-corrected chi connectivity index (χ3v) is 2.63. The summed E-state index contributed by atoms with van der Waals surface area (Å²) in [5.74, 6) is 0.525. The van der Waals surface area contributed by atoms with Gasteiger partial charge >= 0.3 is 5.97 Å². The highest BCUT2D eigenvalue weighted by molar-refractivity contribution is 5.66. The van der Waals surface area contributed by atoms with Gasteiger partial charge in [-0.25, -0.2) is 9.97 Å². The summed E-state index contributed by atoms with van der Waals surface area (Å²) in [5, 5.41) is 8.69. The van der Waals surface area contributed by atoms with Crippen LogP contribution in [0, 0.1) is 0 Å². The van der Waals surface area contributed by atoms with Crippen molar-refractivity contribution in [3.05, 3.63) is 12.4 Å². The van der Waals surface area contributed by atoms with Crippen LogP contribution in [0.5, 0.6) is 5.88 Å². The van der Waals surface area contributed by atoms with Gasteiger partial charge in [-0.05, 0) is 27.2 Å². The monoisotopic (exact) mass is 267 g/mol. The third-order valence-electron chi connectivity index (χ3n) is 2.63. The number of carboxylic acid groups (broad SMARTS) is 1. The topological polar surface area (TPSA) is 75.5 Å². The van der Waals surface area contributed by atoms with Crippen LogP contribution in [0.2, 0.25) is 0 Å². The fourth-order valence-electron chi connectivity index (χ4n) is 1.75. The lowest BCUT2D eigenvalue weighted by atomic mass is 10.2. The first-order valence-electron chi connectivity index (χ1n) is 6.47. The van der Waals surface area contributed by atoms with Gasteiger partial charge in [0.15, 0.2) is 0 Å². The molecule has 0 saturated heterocycles. The van der Waals surface area contributed by atoms with Crippen molar-refractivity contribution in [1.29, 1.82) is 0 Å². The largest absolute Gasteiger partial charge is 0.481 e. The molecule has 0 fully saturated rings. The smallest absolute Gasteiger partial charge is 0.303 e. The van der Waals surface area contributed by atoms with Gasteiger partial charge in [-0.3, -0.25) is 4.79 Å². The second-order valence-electron chi connectivity index (χ2n) is 4.43. The molecule has 1 N–H and O–H groups in total. The lowest BCUT2D eigenvalue weighted by molar-refractivity contribution is -0.137. The van der Waals surface area contributed by atoms with E-state index in [1.54, 1.807) is 6.07 Å². The van der Waals surface area contributed by atoms with E-state index in [0.29, 0.717) is 25.5 Å². The van der Waals surface area contributed by atoms with Crippen LogP contribution in [0.15, 0.2) is 12.4 Å². The van der Waals surface area contributed by atoms with E-state index in [9.17, 15) is 4.79 Å². The minimum Gasteiger partial charge on any atom is -0.481 e. The fraction of sp³-hybridized carbons (Fsp3) is 0.615. The maximum Gasteiger partial charge on any atom is 0.303 e. The number of ether oxygens (including phenoxy) is 1. The lowest BCUT2D eigenvalue weighted by Gasteiger charge is -2.27. The number of carboxylic acids is 1. The van der Waals surface area contributed by atoms with Gasteiger partial charge in [0.1, 0.15) is 12.1 Å². The highest BCUT2D eigenvalue weighted by Crippen LogP contribution is 2.18. The number of hydrogen-bond donors (Lipinski definition) is 1. The summed E-state index contributed by atoms with van der Waals surface area (Å²) in [6.07, 6.45) is 2.21. The Hall–Kier alpha value is -1.85. The van der Waals surface area contributed by atoms with Gasteiger partial charge in [0, 0.05) is 25.1 Å². The summed E-state index contributed by atoms with van der Waals surface area (Å²) in [7, 11) is 0. The molecule has 0 aromatic carbocycles. The van der Waals surface area contributed by atoms with E-state index in [-0.39, 0.29) is 12.5 Å². The second-order valence-corrected chi connectivity index (χ2v) is 4.43. The minimum absolute atomic E-state index is 0.159. The van der Waals surface area contributed by atoms with Crippen LogP contribution in [0.1, 0.15) is 33.6 Å². The molecule has 1 aromatic heterocycles. The Morgan fingerprint density at radius 1 is 1.47 bits per heavy atom. The Morgan fingerprint density at radius 2 is 2.21 bits per heavy atom. The molecule has 0 saturated carbocycles. The van der Waals surface area contributed by atoms with E-state index in [4.69, 9.17) is 9.84 Å². The van der Waals surface area contributed by atoms with E-state index in [1.165, 1.54) is 6.33 Å². The van der Waals surface area contributed by atoms with Crippen molar-refractivity contribution in [3.8, 4) is 5.88 Å². The van der Waals surface area contributed by atoms with Crippen molar-refractivity contribution >= 4 is 11.8 Å². The van der Waals surface area contributed by atoms with E-state index < -0.39 is 5.97 Å². The Kier molecular flexibility index (Phi) is 6.05. The summed E-state index contributed by atoms with van der Waals surface area (Å²) < 4.78 is 5.35. The molecular weight excluding hydrogens is 246 g/mol. The van der Waals surface area contributed by atoms with Gasteiger partial charge in [-0.15, -0.1) is 0 Å². The molecule has 0 atom stereocenters. The van der Waals surface area contributed by atoms with E-state index >= 15 is 0 Å². The summed E-state index contributed by atoms with van der Waals surface area (Å²) in [6, 6.07) is 2.02. The molecule has 1 heterocycles. The zero-order valence-corrected chi connectivity index (χ0v) is 11.7. The van der Waals surface area contributed by atoms with Crippen molar-refractivity contribution in [2.24, 2.45) is 0 Å². The van der Waals surface area contributed by atoms with Gasteiger partial charge in [-0.1, -0.05) is 0 Å². The van der Waals surface area contributed by atoms with Crippen molar-refractivity contribution in [2.45, 2.75) is 39.7 Å². The maximum atomic E-state index is 10.6. The van der Waals surface area contributed by atoms with Crippen molar-refractivity contribution < 1.29 is 14.6 Å². The minimum atomic E-state index is -0.776. The van der Waals surface area contributed by atoms with Crippen molar-refractivity contribution in [2.75, 3.05) is 18.1 Å². The van der Waals surface area contributed by atoms with Crippen molar-refractivity contribution in [3.63, 3.8) is 0 Å². The molecule has 1 rings (SSSR count). The predicted octanol–water partition coefficient (Wildman–Crippen LogP) is 1.95. The number of hydrogen-bond acceptors (Lipinski definition) is 5. The molecule has 6 nitrogen and oxygen atoms in total. The molecule has 0 spiro atoms. The SMILES string of the molecule is CCOc1cc(N(CCCC(=O)O)C(C)C)ncn1. The zero-order valence-electron chi connectivity index (χ0n) is 11.7. The molecule has 0 bridgehead atoms. The quantitative estimate of drug-likeness (QED) is 0.776. The number of aliphatic carboxylic acids is 1. The molecule has 6 heteroatoms. The maximum absolute atomic E-state index is 10.6. The Bertz CT molecular complexity index is 410. The Labute approximate surface area is 113 Å². The third kappa shape index (κ3) is 5.11. The standard InChI is InChI=1S/C13H21N3O3/c1-4-19-12-8-11(14-9-15-12)16(10(2)3)7-5-6-13(17)18/h8-10H,4-7H2,1-3H3,(H,17,18). The number of aromatic nitrogens is 2. The molecule has 19 heavy (non-hydrogen) atoms. The predicted molar refractivity (Wildman–Crippen MR) is 72.6 cm³/mol. The molecule has 0 aliphatic carbocycles. The van der Waals surface area contributed by atoms with Crippen LogP contribution >= 0.6 is 0 Å².